The molecule has 0 fully saturated rings. The van der Waals surface area contributed by atoms with E-state index >= 15 is 0 Å². The minimum atomic E-state index is -3.23. The molecular weight excluding hydrogens is 242 g/mol. The molecule has 0 saturated carbocycles. The van der Waals surface area contributed by atoms with Crippen LogP contribution in [0, 0.1) is 0 Å². The minimum absolute atomic E-state index is 0.0461. The summed E-state index contributed by atoms with van der Waals surface area (Å²) in [6, 6.07) is 5.31. The van der Waals surface area contributed by atoms with Crippen molar-refractivity contribution in [3.8, 4) is 11.5 Å². The Labute approximate surface area is 102 Å². The predicted molar refractivity (Wildman–Crippen MR) is 65.8 cm³/mol. The zero-order valence-corrected chi connectivity index (χ0v) is 11.0. The first-order valence-corrected chi connectivity index (χ1v) is 6.86. The van der Waals surface area contributed by atoms with E-state index < -0.39 is 10.0 Å². The van der Waals surface area contributed by atoms with Gasteiger partial charge < -0.3 is 9.47 Å². The third-order valence-electron chi connectivity index (χ3n) is 2.38. The van der Waals surface area contributed by atoms with Gasteiger partial charge in [0.05, 0.1) is 25.5 Å². The molecule has 0 spiro atoms. The van der Waals surface area contributed by atoms with Crippen molar-refractivity contribution in [1.29, 1.82) is 0 Å². The highest BCUT2D eigenvalue weighted by atomic mass is 32.2. The Balaban J connectivity index is 2.96. The van der Waals surface area contributed by atoms with Crippen LogP contribution in [0.2, 0.25) is 0 Å². The van der Waals surface area contributed by atoms with Crippen LogP contribution in [0.15, 0.2) is 18.2 Å². The van der Waals surface area contributed by atoms with Gasteiger partial charge in [-0.2, -0.15) is 0 Å². The number of ether oxygens (including phenoxy) is 2. The number of benzene rings is 1. The zero-order chi connectivity index (χ0) is 12.9. The van der Waals surface area contributed by atoms with Crippen molar-refractivity contribution in [1.82, 2.24) is 4.72 Å². The maximum absolute atomic E-state index is 11.4. The van der Waals surface area contributed by atoms with Gasteiger partial charge in [0.2, 0.25) is 10.0 Å². The maximum atomic E-state index is 11.4. The van der Waals surface area contributed by atoms with Crippen molar-refractivity contribution in [2.75, 3.05) is 20.0 Å². The standard InChI is InChI=1S/C11H17NO4S/c1-4-17(13,14)12-8-9-10(15-2)6-5-7-11(9)16-3/h5-7,12H,4,8H2,1-3H3. The second kappa shape index (κ2) is 5.88. The highest BCUT2D eigenvalue weighted by Crippen LogP contribution is 2.27. The van der Waals surface area contributed by atoms with E-state index in [4.69, 9.17) is 9.47 Å². The van der Waals surface area contributed by atoms with Crippen molar-refractivity contribution >= 4 is 10.0 Å². The molecule has 0 aliphatic carbocycles. The Hall–Kier alpha value is -1.27. The van der Waals surface area contributed by atoms with Gasteiger partial charge >= 0.3 is 0 Å². The molecule has 1 aromatic carbocycles. The number of hydrogen-bond acceptors (Lipinski definition) is 4. The van der Waals surface area contributed by atoms with Crippen LogP contribution in [0.5, 0.6) is 11.5 Å². The number of hydrogen-bond donors (Lipinski definition) is 1. The van der Waals surface area contributed by atoms with Crippen LogP contribution in [-0.4, -0.2) is 28.4 Å². The van der Waals surface area contributed by atoms with E-state index in [0.717, 1.165) is 0 Å². The number of methoxy groups -OCH3 is 2. The van der Waals surface area contributed by atoms with Gasteiger partial charge in [-0.05, 0) is 19.1 Å². The first kappa shape index (κ1) is 13.8. The molecule has 0 radical (unpaired) electrons. The second-order valence-electron chi connectivity index (χ2n) is 3.37. The van der Waals surface area contributed by atoms with Crippen LogP contribution in [0.1, 0.15) is 12.5 Å². The molecule has 1 rings (SSSR count). The molecule has 0 amide bonds. The van der Waals surface area contributed by atoms with Crippen molar-refractivity contribution < 1.29 is 17.9 Å². The van der Waals surface area contributed by atoms with E-state index in [1.807, 2.05) is 0 Å². The molecular formula is C11H17NO4S. The molecule has 6 heteroatoms. The lowest BCUT2D eigenvalue weighted by molar-refractivity contribution is 0.384. The summed E-state index contributed by atoms with van der Waals surface area (Å²) in [7, 11) is -0.160. The van der Waals surface area contributed by atoms with Crippen LogP contribution in [0.4, 0.5) is 0 Å². The minimum Gasteiger partial charge on any atom is -0.496 e. The molecule has 0 heterocycles. The van der Waals surface area contributed by atoms with Crippen molar-refractivity contribution in [2.45, 2.75) is 13.5 Å². The number of rotatable bonds is 6. The summed E-state index contributed by atoms with van der Waals surface area (Å²) in [5, 5.41) is 0. The lowest BCUT2D eigenvalue weighted by atomic mass is 10.2. The summed E-state index contributed by atoms with van der Waals surface area (Å²) < 4.78 is 35.6. The third kappa shape index (κ3) is 3.61. The van der Waals surface area contributed by atoms with Crippen molar-refractivity contribution in [3.05, 3.63) is 23.8 Å². The van der Waals surface area contributed by atoms with Crippen molar-refractivity contribution in [3.63, 3.8) is 0 Å². The van der Waals surface area contributed by atoms with Gasteiger partial charge in [0.1, 0.15) is 11.5 Å². The molecule has 5 nitrogen and oxygen atoms in total. The molecule has 0 unspecified atom stereocenters. The largest absolute Gasteiger partial charge is 0.496 e. The van der Waals surface area contributed by atoms with Gasteiger partial charge in [-0.1, -0.05) is 6.07 Å². The van der Waals surface area contributed by atoms with E-state index in [1.165, 1.54) is 14.2 Å². The Morgan fingerprint density at radius 1 is 1.18 bits per heavy atom. The third-order valence-corrected chi connectivity index (χ3v) is 3.72. The SMILES string of the molecule is CCS(=O)(=O)NCc1c(OC)cccc1OC. The van der Waals surface area contributed by atoms with E-state index in [0.29, 0.717) is 17.1 Å². The van der Waals surface area contributed by atoms with Gasteiger partial charge in [-0.3, -0.25) is 0 Å². The first-order valence-electron chi connectivity index (χ1n) is 5.21. The summed E-state index contributed by atoms with van der Waals surface area (Å²) in [5.74, 6) is 1.25. The normalized spacial score (nSPS) is 11.2. The van der Waals surface area contributed by atoms with Gasteiger partial charge in [-0.15, -0.1) is 0 Å². The number of sulfonamides is 1. The summed E-state index contributed by atoms with van der Waals surface area (Å²) in [4.78, 5) is 0. The first-order chi connectivity index (χ1) is 8.04. The Kier molecular flexibility index (Phi) is 4.77. The molecule has 0 saturated heterocycles. The molecule has 17 heavy (non-hydrogen) atoms. The molecule has 0 aliphatic heterocycles. The topological polar surface area (TPSA) is 64.6 Å². The molecule has 0 bridgehead atoms. The summed E-state index contributed by atoms with van der Waals surface area (Å²) >= 11 is 0. The van der Waals surface area contributed by atoms with Gasteiger partial charge in [-0.25, -0.2) is 13.1 Å². The van der Waals surface area contributed by atoms with Gasteiger partial charge in [0.25, 0.3) is 0 Å². The maximum Gasteiger partial charge on any atom is 0.211 e. The molecule has 0 atom stereocenters. The summed E-state index contributed by atoms with van der Waals surface area (Å²) in [6.45, 7) is 1.74. The molecule has 0 aliphatic rings. The van der Waals surface area contributed by atoms with Crippen molar-refractivity contribution in [2.24, 2.45) is 0 Å². The van der Waals surface area contributed by atoms with Gasteiger partial charge in [0.15, 0.2) is 0 Å². The second-order valence-corrected chi connectivity index (χ2v) is 5.46. The van der Waals surface area contributed by atoms with E-state index in [2.05, 4.69) is 4.72 Å². The fraction of sp³-hybridized carbons (Fsp3) is 0.455. The lowest BCUT2D eigenvalue weighted by Crippen LogP contribution is -2.25. The van der Waals surface area contributed by atoms with E-state index in [9.17, 15) is 8.42 Å². The molecule has 1 aromatic rings. The van der Waals surface area contributed by atoms with Crippen LogP contribution >= 0.6 is 0 Å². The summed E-state index contributed by atoms with van der Waals surface area (Å²) in [5.41, 5.74) is 0.689. The Bertz CT molecular complexity index is 448. The van der Waals surface area contributed by atoms with Crippen LogP contribution in [-0.2, 0) is 16.6 Å². The van der Waals surface area contributed by atoms with E-state index in [1.54, 1.807) is 25.1 Å². The average molecular weight is 259 g/mol. The highest BCUT2D eigenvalue weighted by Gasteiger charge is 2.13. The van der Waals surface area contributed by atoms with Gasteiger partial charge in [0, 0.05) is 6.54 Å². The fourth-order valence-corrected chi connectivity index (χ4v) is 1.95. The zero-order valence-electron chi connectivity index (χ0n) is 10.2. The number of nitrogens with one attached hydrogen (secondary N) is 1. The molecule has 96 valence electrons. The Morgan fingerprint density at radius 3 is 2.12 bits per heavy atom. The van der Waals surface area contributed by atoms with Crippen LogP contribution in [0.25, 0.3) is 0 Å². The molecule has 1 N–H and O–H groups in total. The van der Waals surface area contributed by atoms with Crippen LogP contribution in [0.3, 0.4) is 0 Å². The Morgan fingerprint density at radius 2 is 1.71 bits per heavy atom. The van der Waals surface area contributed by atoms with Crippen LogP contribution < -0.4 is 14.2 Å². The van der Waals surface area contributed by atoms with E-state index in [-0.39, 0.29) is 12.3 Å². The quantitative estimate of drug-likeness (QED) is 0.832. The smallest absolute Gasteiger partial charge is 0.211 e. The fourth-order valence-electron chi connectivity index (χ4n) is 1.39. The highest BCUT2D eigenvalue weighted by molar-refractivity contribution is 7.89. The summed E-state index contributed by atoms with van der Waals surface area (Å²) in [6.07, 6.45) is 0. The monoisotopic (exact) mass is 259 g/mol. The average Bonchev–Trinajstić information content (AvgIpc) is 2.35. The predicted octanol–water partition coefficient (Wildman–Crippen LogP) is 1.14. The lowest BCUT2D eigenvalue weighted by Gasteiger charge is -2.13. The molecule has 0 aromatic heterocycles.